The SMILES string of the molecule is O=C(COC(=O)c1ccccc1F)NCc1cccc(Br)c1. The minimum Gasteiger partial charge on any atom is -0.452 e. The maximum atomic E-state index is 13.4. The zero-order valence-corrected chi connectivity index (χ0v) is 13.1. The molecule has 0 saturated carbocycles. The van der Waals surface area contributed by atoms with Crippen LogP contribution in [0.3, 0.4) is 0 Å². The molecule has 0 aliphatic carbocycles. The summed E-state index contributed by atoms with van der Waals surface area (Å²) in [5.41, 5.74) is 0.713. The molecule has 0 bridgehead atoms. The van der Waals surface area contributed by atoms with E-state index < -0.39 is 24.3 Å². The summed E-state index contributed by atoms with van der Waals surface area (Å²) in [5, 5.41) is 2.62. The number of rotatable bonds is 5. The zero-order valence-electron chi connectivity index (χ0n) is 11.5. The van der Waals surface area contributed by atoms with Crippen LogP contribution in [0.4, 0.5) is 4.39 Å². The summed E-state index contributed by atoms with van der Waals surface area (Å²) in [5.74, 6) is -2.00. The van der Waals surface area contributed by atoms with E-state index in [0.717, 1.165) is 16.1 Å². The lowest BCUT2D eigenvalue weighted by Crippen LogP contribution is -2.28. The Morgan fingerprint density at radius 3 is 2.64 bits per heavy atom. The van der Waals surface area contributed by atoms with E-state index in [2.05, 4.69) is 21.2 Å². The summed E-state index contributed by atoms with van der Waals surface area (Å²) in [4.78, 5) is 23.3. The number of esters is 1. The highest BCUT2D eigenvalue weighted by Crippen LogP contribution is 2.11. The number of hydrogen-bond donors (Lipinski definition) is 1. The first-order chi connectivity index (χ1) is 10.6. The fraction of sp³-hybridized carbons (Fsp3) is 0.125. The molecule has 22 heavy (non-hydrogen) atoms. The predicted octanol–water partition coefficient (Wildman–Crippen LogP) is 3.06. The molecule has 0 atom stereocenters. The molecule has 1 amide bonds. The fourth-order valence-electron chi connectivity index (χ4n) is 1.73. The smallest absolute Gasteiger partial charge is 0.341 e. The largest absolute Gasteiger partial charge is 0.452 e. The number of nitrogens with one attached hydrogen (secondary N) is 1. The first-order valence-corrected chi connectivity index (χ1v) is 7.28. The van der Waals surface area contributed by atoms with Gasteiger partial charge in [0.05, 0.1) is 5.56 Å². The van der Waals surface area contributed by atoms with E-state index in [4.69, 9.17) is 4.74 Å². The van der Waals surface area contributed by atoms with Crippen molar-refractivity contribution >= 4 is 27.8 Å². The molecule has 2 aromatic rings. The van der Waals surface area contributed by atoms with Gasteiger partial charge < -0.3 is 10.1 Å². The number of halogens is 2. The quantitative estimate of drug-likeness (QED) is 0.828. The van der Waals surface area contributed by atoms with Crippen molar-refractivity contribution in [3.63, 3.8) is 0 Å². The highest BCUT2D eigenvalue weighted by molar-refractivity contribution is 9.10. The van der Waals surface area contributed by atoms with E-state index in [1.165, 1.54) is 18.2 Å². The first kappa shape index (κ1) is 16.2. The topological polar surface area (TPSA) is 55.4 Å². The molecule has 114 valence electrons. The van der Waals surface area contributed by atoms with Gasteiger partial charge in [-0.2, -0.15) is 0 Å². The summed E-state index contributed by atoms with van der Waals surface area (Å²) in [6.07, 6.45) is 0. The van der Waals surface area contributed by atoms with Crippen molar-refractivity contribution in [2.75, 3.05) is 6.61 Å². The highest BCUT2D eigenvalue weighted by atomic mass is 79.9. The average Bonchev–Trinajstić information content (AvgIpc) is 2.51. The van der Waals surface area contributed by atoms with E-state index >= 15 is 0 Å². The molecule has 6 heteroatoms. The molecule has 0 saturated heterocycles. The predicted molar refractivity (Wildman–Crippen MR) is 82.7 cm³/mol. The van der Waals surface area contributed by atoms with Crippen molar-refractivity contribution in [1.82, 2.24) is 5.32 Å². The Kier molecular flexibility index (Phi) is 5.66. The van der Waals surface area contributed by atoms with Gasteiger partial charge in [0.1, 0.15) is 5.82 Å². The third-order valence-corrected chi connectivity index (χ3v) is 3.30. The van der Waals surface area contributed by atoms with Gasteiger partial charge in [-0.25, -0.2) is 9.18 Å². The zero-order chi connectivity index (χ0) is 15.9. The number of amides is 1. The van der Waals surface area contributed by atoms with Crippen LogP contribution in [-0.2, 0) is 16.1 Å². The van der Waals surface area contributed by atoms with Gasteiger partial charge in [-0.15, -0.1) is 0 Å². The van der Waals surface area contributed by atoms with Gasteiger partial charge in [0.15, 0.2) is 6.61 Å². The monoisotopic (exact) mass is 365 g/mol. The molecule has 1 N–H and O–H groups in total. The number of ether oxygens (including phenoxy) is 1. The molecule has 0 aliphatic rings. The normalized spacial score (nSPS) is 10.1. The Bertz CT molecular complexity index is 691. The van der Waals surface area contributed by atoms with Crippen molar-refractivity contribution in [1.29, 1.82) is 0 Å². The van der Waals surface area contributed by atoms with Gasteiger partial charge in [0.25, 0.3) is 5.91 Å². The first-order valence-electron chi connectivity index (χ1n) is 6.49. The van der Waals surface area contributed by atoms with Crippen molar-refractivity contribution in [2.45, 2.75) is 6.54 Å². The second-order valence-corrected chi connectivity index (χ2v) is 5.38. The van der Waals surface area contributed by atoms with Crippen LogP contribution >= 0.6 is 15.9 Å². The molecule has 0 spiro atoms. The second kappa shape index (κ2) is 7.70. The fourth-order valence-corrected chi connectivity index (χ4v) is 2.18. The summed E-state index contributed by atoms with van der Waals surface area (Å²) in [6, 6.07) is 12.9. The Balaban J connectivity index is 1.81. The van der Waals surface area contributed by atoms with Crippen molar-refractivity contribution < 1.29 is 18.7 Å². The number of carbonyl (C=O) groups is 2. The molecule has 0 unspecified atom stereocenters. The van der Waals surface area contributed by atoms with Gasteiger partial charge in [-0.05, 0) is 29.8 Å². The third-order valence-electron chi connectivity index (χ3n) is 2.81. The van der Waals surface area contributed by atoms with Crippen LogP contribution in [0.25, 0.3) is 0 Å². The molecule has 0 aliphatic heterocycles. The van der Waals surface area contributed by atoms with E-state index in [0.29, 0.717) is 6.54 Å². The van der Waals surface area contributed by atoms with Crippen molar-refractivity contribution in [3.8, 4) is 0 Å². The molecule has 0 radical (unpaired) electrons. The van der Waals surface area contributed by atoms with Crippen LogP contribution in [0.15, 0.2) is 53.0 Å². The molecule has 0 heterocycles. The maximum absolute atomic E-state index is 13.4. The summed E-state index contributed by atoms with van der Waals surface area (Å²) in [7, 11) is 0. The van der Waals surface area contributed by atoms with Gasteiger partial charge in [-0.1, -0.05) is 40.2 Å². The van der Waals surface area contributed by atoms with Gasteiger partial charge in [-0.3, -0.25) is 4.79 Å². The molecule has 4 nitrogen and oxygen atoms in total. The summed E-state index contributed by atoms with van der Waals surface area (Å²) >= 11 is 3.33. The van der Waals surface area contributed by atoms with Crippen LogP contribution in [0, 0.1) is 5.82 Å². The van der Waals surface area contributed by atoms with E-state index in [9.17, 15) is 14.0 Å². The van der Waals surface area contributed by atoms with Crippen LogP contribution in [-0.4, -0.2) is 18.5 Å². The average molecular weight is 366 g/mol. The van der Waals surface area contributed by atoms with Crippen LogP contribution in [0.1, 0.15) is 15.9 Å². The highest BCUT2D eigenvalue weighted by Gasteiger charge is 2.13. The molecule has 0 fully saturated rings. The Hall–Kier alpha value is -2.21. The second-order valence-electron chi connectivity index (χ2n) is 4.46. The lowest BCUT2D eigenvalue weighted by molar-refractivity contribution is -0.124. The van der Waals surface area contributed by atoms with E-state index in [1.807, 2.05) is 24.3 Å². The molecular formula is C16H13BrFNO3. The third kappa shape index (κ3) is 4.66. The molecule has 0 aromatic heterocycles. The summed E-state index contributed by atoms with van der Waals surface area (Å²) in [6.45, 7) is -0.142. The standard InChI is InChI=1S/C16H13BrFNO3/c17-12-5-3-4-11(8-12)9-19-15(20)10-22-16(21)13-6-1-2-7-14(13)18/h1-8H,9-10H2,(H,19,20). The van der Waals surface area contributed by atoms with Gasteiger partial charge in [0, 0.05) is 11.0 Å². The maximum Gasteiger partial charge on any atom is 0.341 e. The van der Waals surface area contributed by atoms with Gasteiger partial charge in [0.2, 0.25) is 0 Å². The molecular weight excluding hydrogens is 353 g/mol. The van der Waals surface area contributed by atoms with Crippen LogP contribution in [0.5, 0.6) is 0 Å². The summed E-state index contributed by atoms with van der Waals surface area (Å²) < 4.78 is 19.1. The van der Waals surface area contributed by atoms with E-state index in [-0.39, 0.29) is 5.56 Å². The van der Waals surface area contributed by atoms with Crippen molar-refractivity contribution in [2.24, 2.45) is 0 Å². The lowest BCUT2D eigenvalue weighted by atomic mass is 10.2. The van der Waals surface area contributed by atoms with E-state index in [1.54, 1.807) is 0 Å². The number of carbonyl (C=O) groups excluding carboxylic acids is 2. The van der Waals surface area contributed by atoms with Gasteiger partial charge >= 0.3 is 5.97 Å². The minimum atomic E-state index is -0.865. The Labute approximate surface area is 135 Å². The van der Waals surface area contributed by atoms with Crippen LogP contribution in [0.2, 0.25) is 0 Å². The Morgan fingerprint density at radius 2 is 1.91 bits per heavy atom. The Morgan fingerprint density at radius 1 is 1.14 bits per heavy atom. The number of benzene rings is 2. The number of hydrogen-bond acceptors (Lipinski definition) is 3. The van der Waals surface area contributed by atoms with Crippen molar-refractivity contribution in [3.05, 3.63) is 69.9 Å². The lowest BCUT2D eigenvalue weighted by Gasteiger charge is -2.07. The minimum absolute atomic E-state index is 0.192. The molecule has 2 rings (SSSR count). The van der Waals surface area contributed by atoms with Crippen LogP contribution < -0.4 is 5.32 Å². The molecule has 2 aromatic carbocycles.